The molecule has 1 aromatic rings. The van der Waals surface area contributed by atoms with Crippen LogP contribution < -0.4 is 16.8 Å². The van der Waals surface area contributed by atoms with E-state index in [-0.39, 0.29) is 22.7 Å². The molecule has 6 N–H and O–H groups in total. The van der Waals surface area contributed by atoms with E-state index in [0.717, 1.165) is 25.7 Å². The fourth-order valence-corrected chi connectivity index (χ4v) is 5.44. The van der Waals surface area contributed by atoms with E-state index in [1.807, 2.05) is 0 Å². The average Bonchev–Trinajstić information content (AvgIpc) is 2.49. The van der Waals surface area contributed by atoms with Gasteiger partial charge in [0.2, 0.25) is 0 Å². The van der Waals surface area contributed by atoms with Gasteiger partial charge in [0.15, 0.2) is 9.84 Å². The number of rotatable bonds is 6. The first kappa shape index (κ1) is 19.0. The zero-order valence-corrected chi connectivity index (χ0v) is 14.8. The van der Waals surface area contributed by atoms with Gasteiger partial charge in [0.05, 0.1) is 22.1 Å². The Morgan fingerprint density at radius 1 is 1.08 bits per heavy atom. The summed E-state index contributed by atoms with van der Waals surface area (Å²) in [7, 11) is -8.28. The molecule has 0 unspecified atom stereocenters. The van der Waals surface area contributed by atoms with Crippen LogP contribution in [0.2, 0.25) is 0 Å². The number of hydrogen-bond acceptors (Lipinski definition) is 7. The molecule has 0 aromatic heterocycles. The molecule has 0 heterocycles. The molecular weight excluding hydrogens is 354 g/mol. The molecule has 0 radical (unpaired) electrons. The summed E-state index contributed by atoms with van der Waals surface area (Å²) in [4.78, 5) is -0.0546. The maximum Gasteiger partial charge on any atom is 0.265 e. The molecule has 10 heteroatoms. The van der Waals surface area contributed by atoms with Crippen molar-refractivity contribution in [3.05, 3.63) is 18.2 Å². The van der Waals surface area contributed by atoms with Gasteiger partial charge in [-0.25, -0.2) is 8.42 Å². The maximum absolute atomic E-state index is 12.5. The second kappa shape index (κ2) is 7.26. The molecular formula is C14H23N3O5S2. The van der Waals surface area contributed by atoms with Crippen molar-refractivity contribution in [3.63, 3.8) is 0 Å². The number of nitrogens with two attached hydrogens (primary N) is 2. The SMILES string of the molecule is Nc1ccc(NC2CCC(N)CC2)c(S(=O)(=O)CCS(=O)(=O)O)c1. The van der Waals surface area contributed by atoms with E-state index in [9.17, 15) is 16.8 Å². The molecule has 2 rings (SSSR count). The normalized spacial score (nSPS) is 22.2. The van der Waals surface area contributed by atoms with Crippen LogP contribution in [0.5, 0.6) is 0 Å². The van der Waals surface area contributed by atoms with Crippen LogP contribution in [0.3, 0.4) is 0 Å². The molecule has 8 nitrogen and oxygen atoms in total. The van der Waals surface area contributed by atoms with Crippen LogP contribution in [-0.2, 0) is 20.0 Å². The first-order valence-electron chi connectivity index (χ1n) is 7.66. The van der Waals surface area contributed by atoms with Gasteiger partial charge in [-0.15, -0.1) is 0 Å². The zero-order valence-electron chi connectivity index (χ0n) is 13.2. The minimum atomic E-state index is -4.37. The fraction of sp³-hybridized carbons (Fsp3) is 0.571. The summed E-state index contributed by atoms with van der Waals surface area (Å²) in [5, 5.41) is 3.20. The van der Waals surface area contributed by atoms with Crippen LogP contribution in [0.15, 0.2) is 23.1 Å². The third-order valence-electron chi connectivity index (χ3n) is 4.08. The van der Waals surface area contributed by atoms with E-state index in [4.69, 9.17) is 16.0 Å². The van der Waals surface area contributed by atoms with Crippen LogP contribution in [0.25, 0.3) is 0 Å². The van der Waals surface area contributed by atoms with Crippen LogP contribution in [0.1, 0.15) is 25.7 Å². The van der Waals surface area contributed by atoms with Gasteiger partial charge >= 0.3 is 0 Å². The van der Waals surface area contributed by atoms with Gasteiger partial charge < -0.3 is 16.8 Å². The highest BCUT2D eigenvalue weighted by atomic mass is 32.2. The van der Waals surface area contributed by atoms with Gasteiger partial charge in [-0.3, -0.25) is 4.55 Å². The zero-order chi connectivity index (χ0) is 18.0. The van der Waals surface area contributed by atoms with Crippen molar-refractivity contribution in [1.29, 1.82) is 0 Å². The molecule has 24 heavy (non-hydrogen) atoms. The lowest BCUT2D eigenvalue weighted by atomic mass is 9.91. The molecule has 1 aliphatic carbocycles. The lowest BCUT2D eigenvalue weighted by molar-refractivity contribution is 0.410. The highest BCUT2D eigenvalue weighted by Crippen LogP contribution is 2.28. The molecule has 1 fully saturated rings. The Balaban J connectivity index is 2.24. The average molecular weight is 377 g/mol. The summed E-state index contributed by atoms with van der Waals surface area (Å²) >= 11 is 0. The Morgan fingerprint density at radius 2 is 1.71 bits per heavy atom. The minimum Gasteiger partial charge on any atom is -0.399 e. The Hall–Kier alpha value is -1.36. The number of nitrogen functional groups attached to an aromatic ring is 1. The van der Waals surface area contributed by atoms with Crippen LogP contribution >= 0.6 is 0 Å². The summed E-state index contributed by atoms with van der Waals surface area (Å²) in [6.45, 7) is 0. The molecule has 0 atom stereocenters. The third-order valence-corrected chi connectivity index (χ3v) is 6.81. The van der Waals surface area contributed by atoms with Crippen molar-refractivity contribution < 1.29 is 21.4 Å². The van der Waals surface area contributed by atoms with E-state index < -0.39 is 31.5 Å². The predicted octanol–water partition coefficient (Wildman–Crippen LogP) is 0.612. The highest BCUT2D eigenvalue weighted by molar-refractivity contribution is 7.93. The first-order chi connectivity index (χ1) is 11.1. The molecule has 0 spiro atoms. The molecule has 136 valence electrons. The molecule has 1 saturated carbocycles. The third kappa shape index (κ3) is 5.33. The summed E-state index contributed by atoms with van der Waals surface area (Å²) in [5.74, 6) is -1.57. The van der Waals surface area contributed by atoms with Crippen molar-refractivity contribution >= 4 is 31.3 Å². The Labute approximate surface area is 142 Å². The fourth-order valence-electron chi connectivity index (χ4n) is 2.72. The Morgan fingerprint density at radius 3 is 2.29 bits per heavy atom. The highest BCUT2D eigenvalue weighted by Gasteiger charge is 2.24. The first-order valence-corrected chi connectivity index (χ1v) is 10.9. The van der Waals surface area contributed by atoms with Crippen LogP contribution in [0.4, 0.5) is 11.4 Å². The van der Waals surface area contributed by atoms with E-state index in [0.29, 0.717) is 5.69 Å². The lowest BCUT2D eigenvalue weighted by Crippen LogP contribution is -2.33. The number of anilines is 2. The quantitative estimate of drug-likeness (QED) is 0.415. The van der Waals surface area contributed by atoms with E-state index in [1.54, 1.807) is 12.1 Å². The number of nitrogens with one attached hydrogen (secondary N) is 1. The molecule has 0 aliphatic heterocycles. The smallest absolute Gasteiger partial charge is 0.265 e. The van der Waals surface area contributed by atoms with Crippen molar-refractivity contribution in [2.24, 2.45) is 5.73 Å². The number of hydrogen-bond donors (Lipinski definition) is 4. The second-order valence-corrected chi connectivity index (χ2v) is 9.77. The van der Waals surface area contributed by atoms with Gasteiger partial charge in [-0.2, -0.15) is 8.42 Å². The van der Waals surface area contributed by atoms with E-state index in [2.05, 4.69) is 5.32 Å². The van der Waals surface area contributed by atoms with Gasteiger partial charge in [-0.05, 0) is 43.9 Å². The van der Waals surface area contributed by atoms with E-state index >= 15 is 0 Å². The lowest BCUT2D eigenvalue weighted by Gasteiger charge is -2.28. The number of benzene rings is 1. The van der Waals surface area contributed by atoms with Crippen LogP contribution in [0, 0.1) is 0 Å². The Kier molecular flexibility index (Phi) is 5.74. The summed E-state index contributed by atoms with van der Waals surface area (Å²) in [6.07, 6.45) is 3.38. The summed E-state index contributed by atoms with van der Waals surface area (Å²) in [6, 6.07) is 4.73. The van der Waals surface area contributed by atoms with Gasteiger partial charge in [0.25, 0.3) is 10.1 Å². The van der Waals surface area contributed by atoms with Crippen LogP contribution in [-0.4, -0.2) is 45.0 Å². The summed E-state index contributed by atoms with van der Waals surface area (Å²) < 4.78 is 55.4. The van der Waals surface area contributed by atoms with Crippen molar-refractivity contribution in [2.75, 3.05) is 22.6 Å². The van der Waals surface area contributed by atoms with Crippen molar-refractivity contribution in [3.8, 4) is 0 Å². The minimum absolute atomic E-state index is 0.0546. The maximum atomic E-state index is 12.5. The van der Waals surface area contributed by atoms with Gasteiger partial charge in [0, 0.05) is 17.8 Å². The van der Waals surface area contributed by atoms with Crippen molar-refractivity contribution in [1.82, 2.24) is 0 Å². The largest absolute Gasteiger partial charge is 0.399 e. The van der Waals surface area contributed by atoms with Crippen molar-refractivity contribution in [2.45, 2.75) is 42.7 Å². The predicted molar refractivity (Wildman–Crippen MR) is 93.2 cm³/mol. The Bertz CT molecular complexity index is 785. The second-order valence-electron chi connectivity index (χ2n) is 6.12. The molecule has 0 bridgehead atoms. The molecule has 1 aliphatic rings. The topological polar surface area (TPSA) is 153 Å². The number of sulfone groups is 1. The van der Waals surface area contributed by atoms with Gasteiger partial charge in [-0.1, -0.05) is 0 Å². The summed E-state index contributed by atoms with van der Waals surface area (Å²) in [5.41, 5.74) is 12.2. The van der Waals surface area contributed by atoms with Gasteiger partial charge in [0.1, 0.15) is 0 Å². The molecule has 0 amide bonds. The molecule has 1 aromatic carbocycles. The van der Waals surface area contributed by atoms with E-state index in [1.165, 1.54) is 6.07 Å². The molecule has 0 saturated heterocycles. The standard InChI is InChI=1S/C14H23N3O5S2/c15-10-1-4-12(5-2-10)17-13-6-3-11(16)9-14(13)23(18,19)7-8-24(20,21)22/h3,6,9-10,12,17H,1-2,4-5,7-8,15-16H2,(H,20,21,22). The monoisotopic (exact) mass is 377 g/mol.